The van der Waals surface area contributed by atoms with Gasteiger partial charge in [0.15, 0.2) is 11.8 Å². The van der Waals surface area contributed by atoms with Gasteiger partial charge in [0.05, 0.1) is 11.1 Å². The number of aromatic nitrogens is 3. The maximum Gasteiger partial charge on any atom is 0.263 e. The Morgan fingerprint density at radius 3 is 2.56 bits per heavy atom. The molecule has 1 atom stereocenters. The summed E-state index contributed by atoms with van der Waals surface area (Å²) < 4.78 is 7.87. The Morgan fingerprint density at radius 2 is 1.78 bits per heavy atom. The summed E-state index contributed by atoms with van der Waals surface area (Å²) in [7, 11) is 1.88. The van der Waals surface area contributed by atoms with Crippen molar-refractivity contribution in [3.8, 4) is 17.0 Å². The number of hydrogen-bond donors (Lipinski definition) is 0. The third-order valence-corrected chi connectivity index (χ3v) is 6.12. The van der Waals surface area contributed by atoms with E-state index >= 15 is 0 Å². The molecular weight excluding hydrogens is 400 g/mol. The second kappa shape index (κ2) is 8.11. The third-order valence-electron chi connectivity index (χ3n) is 6.12. The van der Waals surface area contributed by atoms with Gasteiger partial charge in [-0.1, -0.05) is 54.6 Å². The summed E-state index contributed by atoms with van der Waals surface area (Å²) in [6.07, 6.45) is 0.230. The first-order chi connectivity index (χ1) is 15.5. The van der Waals surface area contributed by atoms with E-state index < -0.39 is 6.10 Å². The van der Waals surface area contributed by atoms with E-state index in [0.717, 1.165) is 34.3 Å². The number of carbonyl (C=O) groups is 1. The number of aryl methyl sites for hydroxylation is 2. The average molecular weight is 427 g/mol. The van der Waals surface area contributed by atoms with Gasteiger partial charge >= 0.3 is 0 Å². The van der Waals surface area contributed by atoms with Crippen LogP contribution in [0.2, 0.25) is 0 Å². The van der Waals surface area contributed by atoms with Crippen LogP contribution in [0.3, 0.4) is 0 Å². The molecule has 6 heteroatoms. The molecule has 4 aromatic rings. The van der Waals surface area contributed by atoms with Gasteiger partial charge in [-0.25, -0.2) is 0 Å². The van der Waals surface area contributed by atoms with Crippen molar-refractivity contribution in [1.82, 2.24) is 19.7 Å². The lowest BCUT2D eigenvalue weighted by Gasteiger charge is -2.30. The highest BCUT2D eigenvalue weighted by Crippen LogP contribution is 2.33. The van der Waals surface area contributed by atoms with Crippen LogP contribution in [0.5, 0.6) is 5.88 Å². The van der Waals surface area contributed by atoms with Crippen molar-refractivity contribution in [3.63, 3.8) is 0 Å². The quantitative estimate of drug-likeness (QED) is 0.488. The Kier molecular flexibility index (Phi) is 5.13. The molecule has 0 aliphatic carbocycles. The number of fused-ring (bicyclic) bond motifs is 2. The predicted octanol–water partition coefficient (Wildman–Crippen LogP) is 4.30. The monoisotopic (exact) mass is 426 g/mol. The molecule has 0 spiro atoms. The number of hydrogen-bond acceptors (Lipinski definition) is 4. The van der Waals surface area contributed by atoms with Crippen LogP contribution in [0.15, 0.2) is 60.7 Å². The van der Waals surface area contributed by atoms with Crippen molar-refractivity contribution in [2.24, 2.45) is 7.05 Å². The first-order valence-corrected chi connectivity index (χ1v) is 10.9. The maximum atomic E-state index is 13.2. The Morgan fingerprint density at radius 1 is 1.06 bits per heavy atom. The second-order valence-corrected chi connectivity index (χ2v) is 8.32. The number of ether oxygens (including phenoxy) is 1. The molecule has 1 aliphatic heterocycles. The SMILES string of the molecule is Cc1nn(C)c2nc(O[C@@H](C)C(=O)N3CCc4ccccc4C3)cc(-c3ccccc3)c12. The average Bonchev–Trinajstić information content (AvgIpc) is 3.11. The maximum absolute atomic E-state index is 13.2. The molecule has 0 fully saturated rings. The number of pyridine rings is 1. The lowest BCUT2D eigenvalue weighted by atomic mass is 9.99. The van der Waals surface area contributed by atoms with E-state index in [1.807, 2.05) is 55.3 Å². The zero-order valence-electron chi connectivity index (χ0n) is 18.6. The van der Waals surface area contributed by atoms with E-state index in [2.05, 4.69) is 29.4 Å². The Balaban J connectivity index is 1.44. The predicted molar refractivity (Wildman–Crippen MR) is 124 cm³/mol. The number of amides is 1. The van der Waals surface area contributed by atoms with Gasteiger partial charge in [-0.3, -0.25) is 9.48 Å². The van der Waals surface area contributed by atoms with Crippen molar-refractivity contribution in [2.45, 2.75) is 32.9 Å². The van der Waals surface area contributed by atoms with E-state index in [-0.39, 0.29) is 5.91 Å². The molecule has 0 unspecified atom stereocenters. The van der Waals surface area contributed by atoms with Gasteiger partial charge in [0.1, 0.15) is 0 Å². The molecule has 2 aromatic heterocycles. The molecule has 2 aromatic carbocycles. The Labute approximate surface area is 187 Å². The minimum absolute atomic E-state index is 0.0242. The fourth-order valence-electron chi connectivity index (χ4n) is 4.50. The molecule has 3 heterocycles. The first kappa shape index (κ1) is 20.2. The van der Waals surface area contributed by atoms with Gasteiger partial charge in [-0.2, -0.15) is 10.1 Å². The van der Waals surface area contributed by atoms with E-state index in [4.69, 9.17) is 9.72 Å². The summed E-state index contributed by atoms with van der Waals surface area (Å²) in [4.78, 5) is 19.7. The van der Waals surface area contributed by atoms with Crippen LogP contribution in [-0.4, -0.2) is 38.2 Å². The summed E-state index contributed by atoms with van der Waals surface area (Å²) in [5, 5.41) is 5.55. The smallest absolute Gasteiger partial charge is 0.263 e. The molecular formula is C26H26N4O2. The number of rotatable bonds is 4. The fraction of sp³-hybridized carbons (Fsp3) is 0.269. The minimum Gasteiger partial charge on any atom is -0.464 e. The normalized spacial score (nSPS) is 14.3. The topological polar surface area (TPSA) is 60.2 Å². The third kappa shape index (κ3) is 3.62. The summed E-state index contributed by atoms with van der Waals surface area (Å²) in [6, 6.07) is 20.3. The summed E-state index contributed by atoms with van der Waals surface area (Å²) >= 11 is 0. The van der Waals surface area contributed by atoms with E-state index in [9.17, 15) is 4.79 Å². The summed E-state index contributed by atoms with van der Waals surface area (Å²) in [5.74, 6) is 0.404. The number of carbonyl (C=O) groups excluding carboxylic acids is 1. The van der Waals surface area contributed by atoms with Crippen molar-refractivity contribution in [3.05, 3.63) is 77.5 Å². The molecule has 0 N–H and O–H groups in total. The van der Waals surface area contributed by atoms with Crippen molar-refractivity contribution < 1.29 is 9.53 Å². The molecule has 0 saturated carbocycles. The van der Waals surface area contributed by atoms with Gasteiger partial charge in [0.25, 0.3) is 5.91 Å². The first-order valence-electron chi connectivity index (χ1n) is 10.9. The molecule has 6 nitrogen and oxygen atoms in total. The fourth-order valence-corrected chi connectivity index (χ4v) is 4.50. The zero-order chi connectivity index (χ0) is 22.2. The highest BCUT2D eigenvalue weighted by atomic mass is 16.5. The van der Waals surface area contributed by atoms with Crippen molar-refractivity contribution >= 4 is 16.9 Å². The van der Waals surface area contributed by atoms with Crippen LogP contribution in [0.4, 0.5) is 0 Å². The second-order valence-electron chi connectivity index (χ2n) is 8.32. The molecule has 0 bridgehead atoms. The van der Waals surface area contributed by atoms with Crippen LogP contribution < -0.4 is 4.74 Å². The Hall–Kier alpha value is -3.67. The molecule has 5 rings (SSSR count). The van der Waals surface area contributed by atoms with Gasteiger partial charge in [0.2, 0.25) is 5.88 Å². The van der Waals surface area contributed by atoms with Crippen LogP contribution in [-0.2, 0) is 24.8 Å². The summed E-state index contributed by atoms with van der Waals surface area (Å²) in [5.41, 5.74) is 6.24. The standard InChI is InChI=1S/C26H26N4O2/c1-17-24-22(20-10-5-4-6-11-20)15-23(27-25(24)29(3)28-17)32-18(2)26(31)30-14-13-19-9-7-8-12-21(19)16-30/h4-12,15,18H,13-14,16H2,1-3H3/t18-/m0/s1. The largest absolute Gasteiger partial charge is 0.464 e. The van der Waals surface area contributed by atoms with Gasteiger partial charge < -0.3 is 9.64 Å². The van der Waals surface area contributed by atoms with Gasteiger partial charge in [-0.15, -0.1) is 0 Å². The van der Waals surface area contributed by atoms with Gasteiger partial charge in [0, 0.05) is 26.2 Å². The Bertz CT molecular complexity index is 1300. The van der Waals surface area contributed by atoms with E-state index in [0.29, 0.717) is 19.0 Å². The zero-order valence-corrected chi connectivity index (χ0v) is 18.6. The van der Waals surface area contributed by atoms with Crippen LogP contribution >= 0.6 is 0 Å². The molecule has 32 heavy (non-hydrogen) atoms. The number of benzene rings is 2. The highest BCUT2D eigenvalue weighted by molar-refractivity contribution is 5.95. The molecule has 162 valence electrons. The van der Waals surface area contributed by atoms with E-state index in [1.165, 1.54) is 11.1 Å². The molecule has 1 amide bonds. The lowest BCUT2D eigenvalue weighted by molar-refractivity contribution is -0.139. The van der Waals surface area contributed by atoms with Crippen LogP contribution in [0, 0.1) is 6.92 Å². The van der Waals surface area contributed by atoms with Crippen LogP contribution in [0.25, 0.3) is 22.2 Å². The van der Waals surface area contributed by atoms with Crippen LogP contribution in [0.1, 0.15) is 23.7 Å². The van der Waals surface area contributed by atoms with Crippen molar-refractivity contribution in [1.29, 1.82) is 0 Å². The minimum atomic E-state index is -0.636. The number of nitrogens with zero attached hydrogens (tertiary/aromatic N) is 4. The molecule has 1 aliphatic rings. The molecule has 0 radical (unpaired) electrons. The van der Waals surface area contributed by atoms with E-state index in [1.54, 1.807) is 11.6 Å². The highest BCUT2D eigenvalue weighted by Gasteiger charge is 2.26. The lowest BCUT2D eigenvalue weighted by Crippen LogP contribution is -2.43. The summed E-state index contributed by atoms with van der Waals surface area (Å²) in [6.45, 7) is 5.10. The van der Waals surface area contributed by atoms with Gasteiger partial charge in [-0.05, 0) is 42.5 Å². The molecule has 0 saturated heterocycles. The van der Waals surface area contributed by atoms with Crippen molar-refractivity contribution in [2.75, 3.05) is 6.54 Å².